The van der Waals surface area contributed by atoms with E-state index in [-0.39, 0.29) is 18.0 Å². The number of nitrogens with one attached hydrogen (secondary N) is 2. The Kier molecular flexibility index (Phi) is 6.93. The first-order valence-electron chi connectivity index (χ1n) is 12.0. The summed E-state index contributed by atoms with van der Waals surface area (Å²) in [6, 6.07) is 5.65. The van der Waals surface area contributed by atoms with Crippen molar-refractivity contribution in [3.63, 3.8) is 0 Å². The molecule has 1 aliphatic carbocycles. The summed E-state index contributed by atoms with van der Waals surface area (Å²) in [5, 5.41) is 21.2. The molecule has 3 N–H and O–H groups in total. The summed E-state index contributed by atoms with van der Waals surface area (Å²) in [5.74, 6) is 0.947. The Labute approximate surface area is 204 Å². The largest absolute Gasteiger partial charge is 0.481 e. The van der Waals surface area contributed by atoms with Crippen LogP contribution in [0.15, 0.2) is 30.6 Å². The molecule has 0 spiro atoms. The summed E-state index contributed by atoms with van der Waals surface area (Å²) < 4.78 is 9.02. The lowest BCUT2D eigenvalue weighted by Crippen LogP contribution is -2.50. The SMILES string of the molecule is CC.CNc1cc(-c2cn(C(C)C)c3nc(OC)ccc23)nc2c(C(=O)NC3CCC3O)cnn12. The predicted octanol–water partition coefficient (Wildman–Crippen LogP) is 3.66. The van der Waals surface area contributed by atoms with Crippen LogP contribution in [-0.2, 0) is 0 Å². The number of hydrogen-bond acceptors (Lipinski definition) is 7. The quantitative estimate of drug-likeness (QED) is 0.386. The normalized spacial score (nSPS) is 17.1. The van der Waals surface area contributed by atoms with Gasteiger partial charge in [0.15, 0.2) is 5.65 Å². The summed E-state index contributed by atoms with van der Waals surface area (Å²) in [7, 11) is 3.40. The van der Waals surface area contributed by atoms with Crippen LogP contribution < -0.4 is 15.4 Å². The number of carbonyl (C=O) groups is 1. The third-order valence-corrected chi connectivity index (χ3v) is 6.22. The number of nitrogens with zero attached hydrogens (tertiary/aromatic N) is 5. The zero-order valence-electron chi connectivity index (χ0n) is 21.0. The van der Waals surface area contributed by atoms with Crippen molar-refractivity contribution >= 4 is 28.4 Å². The number of aromatic nitrogens is 5. The number of amides is 1. The minimum Gasteiger partial charge on any atom is -0.481 e. The van der Waals surface area contributed by atoms with Gasteiger partial charge in [0.2, 0.25) is 5.88 Å². The lowest BCUT2D eigenvalue weighted by atomic mass is 9.89. The summed E-state index contributed by atoms with van der Waals surface area (Å²) in [6.07, 6.45) is 4.50. The van der Waals surface area contributed by atoms with E-state index in [0.29, 0.717) is 35.0 Å². The van der Waals surface area contributed by atoms with Gasteiger partial charge in [0, 0.05) is 42.4 Å². The van der Waals surface area contributed by atoms with Crippen LogP contribution in [-0.4, -0.2) is 61.5 Å². The van der Waals surface area contributed by atoms with Gasteiger partial charge in [-0.2, -0.15) is 14.6 Å². The molecule has 10 nitrogen and oxygen atoms in total. The number of rotatable bonds is 6. The van der Waals surface area contributed by atoms with Crippen molar-refractivity contribution in [2.24, 2.45) is 0 Å². The van der Waals surface area contributed by atoms with Gasteiger partial charge in [-0.1, -0.05) is 13.8 Å². The molecular weight excluding hydrogens is 446 g/mol. The maximum atomic E-state index is 12.9. The number of methoxy groups -OCH3 is 1. The van der Waals surface area contributed by atoms with Crippen LogP contribution in [0.4, 0.5) is 5.82 Å². The van der Waals surface area contributed by atoms with Gasteiger partial charge in [-0.25, -0.2) is 4.98 Å². The first-order chi connectivity index (χ1) is 16.9. The van der Waals surface area contributed by atoms with Gasteiger partial charge in [-0.15, -0.1) is 0 Å². The fourth-order valence-electron chi connectivity index (χ4n) is 4.16. The third kappa shape index (κ3) is 4.29. The smallest absolute Gasteiger partial charge is 0.257 e. The Hall–Kier alpha value is -3.66. The van der Waals surface area contributed by atoms with Gasteiger partial charge in [-0.05, 0) is 32.8 Å². The van der Waals surface area contributed by atoms with E-state index in [1.165, 1.54) is 6.20 Å². The van der Waals surface area contributed by atoms with Gasteiger partial charge in [0.25, 0.3) is 5.91 Å². The van der Waals surface area contributed by atoms with Crippen molar-refractivity contribution in [2.75, 3.05) is 19.5 Å². The Bertz CT molecular complexity index is 1360. The molecule has 2 unspecified atom stereocenters. The van der Waals surface area contributed by atoms with Gasteiger partial charge in [-0.3, -0.25) is 4.79 Å². The maximum absolute atomic E-state index is 12.9. The van der Waals surface area contributed by atoms with E-state index in [9.17, 15) is 9.90 Å². The molecule has 0 radical (unpaired) electrons. The zero-order chi connectivity index (χ0) is 25.3. The fourth-order valence-corrected chi connectivity index (χ4v) is 4.16. The van der Waals surface area contributed by atoms with E-state index in [2.05, 4.69) is 39.1 Å². The monoisotopic (exact) mass is 479 g/mol. The topological polar surface area (TPSA) is 119 Å². The highest BCUT2D eigenvalue weighted by atomic mass is 16.5. The second kappa shape index (κ2) is 9.91. The molecule has 1 fully saturated rings. The molecule has 4 heterocycles. The van der Waals surface area contributed by atoms with Crippen molar-refractivity contribution in [2.45, 2.75) is 58.7 Å². The first kappa shape index (κ1) is 24.5. The number of pyridine rings is 1. The second-order valence-corrected chi connectivity index (χ2v) is 8.56. The van der Waals surface area contributed by atoms with Crippen molar-refractivity contribution < 1.29 is 14.6 Å². The second-order valence-electron chi connectivity index (χ2n) is 8.56. The molecule has 0 aliphatic heterocycles. The standard InChI is InChI=1S/C23H27N7O3.C2H6/c1-12(2)29-11-15(13-5-8-20(33-4)28-21(13)29)17-9-19(24-3)30-22(26-17)14(10-25-30)23(32)27-16-6-7-18(16)31;1-2/h5,8-12,16,18,24,31H,6-7H2,1-4H3,(H,27,32);1-2H3. The molecule has 5 rings (SSSR count). The maximum Gasteiger partial charge on any atom is 0.257 e. The highest BCUT2D eigenvalue weighted by Gasteiger charge is 2.31. The Morgan fingerprint density at radius 1 is 1.20 bits per heavy atom. The minimum absolute atomic E-state index is 0.179. The molecule has 4 aromatic rings. The fraction of sp³-hybridized carbons (Fsp3) is 0.440. The van der Waals surface area contributed by atoms with Crippen LogP contribution in [0.2, 0.25) is 0 Å². The number of hydrogen-bond donors (Lipinski definition) is 3. The van der Waals surface area contributed by atoms with E-state index in [1.807, 2.05) is 38.2 Å². The molecule has 1 saturated carbocycles. The number of aliphatic hydroxyl groups excluding tert-OH is 1. The first-order valence-corrected chi connectivity index (χ1v) is 12.0. The van der Waals surface area contributed by atoms with Crippen molar-refractivity contribution in [1.29, 1.82) is 0 Å². The molecule has 0 aromatic carbocycles. The summed E-state index contributed by atoms with van der Waals surface area (Å²) >= 11 is 0. The average molecular weight is 480 g/mol. The third-order valence-electron chi connectivity index (χ3n) is 6.22. The van der Waals surface area contributed by atoms with E-state index < -0.39 is 6.10 Å². The Balaban J connectivity index is 0.00000141. The van der Waals surface area contributed by atoms with Gasteiger partial charge < -0.3 is 25.0 Å². The minimum atomic E-state index is -0.501. The van der Waals surface area contributed by atoms with E-state index >= 15 is 0 Å². The average Bonchev–Trinajstić information content (AvgIpc) is 3.48. The predicted molar refractivity (Wildman–Crippen MR) is 136 cm³/mol. The number of carbonyl (C=O) groups excluding carboxylic acids is 1. The molecule has 186 valence electrons. The van der Waals surface area contributed by atoms with Crippen LogP contribution in [0.5, 0.6) is 5.88 Å². The molecular formula is C25H33N7O3. The van der Waals surface area contributed by atoms with Crippen molar-refractivity contribution in [1.82, 2.24) is 29.5 Å². The zero-order valence-corrected chi connectivity index (χ0v) is 21.0. The Morgan fingerprint density at radius 3 is 2.57 bits per heavy atom. The van der Waals surface area contributed by atoms with Crippen LogP contribution >= 0.6 is 0 Å². The number of fused-ring (bicyclic) bond motifs is 2. The van der Waals surface area contributed by atoms with Crippen LogP contribution in [0.25, 0.3) is 27.9 Å². The van der Waals surface area contributed by atoms with Crippen LogP contribution in [0.1, 0.15) is 56.9 Å². The highest BCUT2D eigenvalue weighted by molar-refractivity contribution is 6.01. The summed E-state index contributed by atoms with van der Waals surface area (Å²) in [4.78, 5) is 22.4. The van der Waals surface area contributed by atoms with E-state index in [1.54, 1.807) is 18.7 Å². The lowest BCUT2D eigenvalue weighted by molar-refractivity contribution is 0.0448. The summed E-state index contributed by atoms with van der Waals surface area (Å²) in [5.41, 5.74) is 3.20. The number of aliphatic hydroxyl groups is 1. The lowest BCUT2D eigenvalue weighted by Gasteiger charge is -2.32. The number of ether oxygens (including phenoxy) is 1. The molecule has 1 amide bonds. The van der Waals surface area contributed by atoms with Crippen LogP contribution in [0.3, 0.4) is 0 Å². The molecule has 4 aromatic heterocycles. The van der Waals surface area contributed by atoms with Gasteiger partial charge in [0.05, 0.1) is 31.1 Å². The van der Waals surface area contributed by atoms with Crippen LogP contribution in [0, 0.1) is 0 Å². The van der Waals surface area contributed by atoms with Crippen molar-refractivity contribution in [3.8, 4) is 17.1 Å². The molecule has 1 aliphatic rings. The van der Waals surface area contributed by atoms with E-state index in [4.69, 9.17) is 9.72 Å². The molecule has 10 heteroatoms. The molecule has 35 heavy (non-hydrogen) atoms. The summed E-state index contributed by atoms with van der Waals surface area (Å²) in [6.45, 7) is 8.18. The van der Waals surface area contributed by atoms with Gasteiger partial charge >= 0.3 is 0 Å². The van der Waals surface area contributed by atoms with Crippen molar-refractivity contribution in [3.05, 3.63) is 36.2 Å². The highest BCUT2D eigenvalue weighted by Crippen LogP contribution is 2.34. The molecule has 2 atom stereocenters. The molecule has 0 saturated heterocycles. The molecule has 0 bridgehead atoms. The Morgan fingerprint density at radius 2 is 1.97 bits per heavy atom. The van der Waals surface area contributed by atoms with Gasteiger partial charge in [0.1, 0.15) is 17.0 Å². The number of anilines is 1. The van der Waals surface area contributed by atoms with E-state index in [0.717, 1.165) is 23.0 Å².